The van der Waals surface area contributed by atoms with E-state index in [9.17, 15) is 4.79 Å². The summed E-state index contributed by atoms with van der Waals surface area (Å²) in [5.74, 6) is 0. The molecule has 124 valence electrons. The number of allylic oxidation sites excluding steroid dienone is 1. The molecule has 0 spiro atoms. The van der Waals surface area contributed by atoms with E-state index in [2.05, 4.69) is 31.6 Å². The van der Waals surface area contributed by atoms with Gasteiger partial charge in [0.05, 0.1) is 17.6 Å². The van der Waals surface area contributed by atoms with E-state index >= 15 is 0 Å². The maximum absolute atomic E-state index is 12.4. The monoisotopic (exact) mass is 394 g/mol. The van der Waals surface area contributed by atoms with Crippen LogP contribution in [-0.2, 0) is 0 Å². The van der Waals surface area contributed by atoms with Gasteiger partial charge in [-0.1, -0.05) is 54.6 Å². The normalized spacial score (nSPS) is 11.2. The highest BCUT2D eigenvalue weighted by atomic mass is 79.9. The van der Waals surface area contributed by atoms with Crippen LogP contribution in [0.1, 0.15) is 5.56 Å². The van der Waals surface area contributed by atoms with Gasteiger partial charge in [0.2, 0.25) is 0 Å². The van der Waals surface area contributed by atoms with E-state index in [0.29, 0.717) is 15.8 Å². The van der Waals surface area contributed by atoms with Gasteiger partial charge < -0.3 is 0 Å². The smallest absolute Gasteiger partial charge is 0.276 e. The highest BCUT2D eigenvalue weighted by Gasteiger charge is 2.09. The molecule has 0 bridgehead atoms. The lowest BCUT2D eigenvalue weighted by molar-refractivity contribution is 0.801. The largest absolute Gasteiger partial charge is 0.287 e. The lowest BCUT2D eigenvalue weighted by Gasteiger charge is -2.07. The molecule has 6 heteroatoms. The number of aromatic nitrogens is 2. The number of nitrogens with zero attached hydrogens (tertiary/aromatic N) is 3. The van der Waals surface area contributed by atoms with Crippen LogP contribution in [0.3, 0.4) is 0 Å². The molecule has 0 unspecified atom stereocenters. The van der Waals surface area contributed by atoms with Crippen molar-refractivity contribution in [1.29, 1.82) is 0 Å². The second-order valence-corrected chi connectivity index (χ2v) is 5.88. The molecule has 0 atom stereocenters. The van der Waals surface area contributed by atoms with Crippen molar-refractivity contribution in [3.8, 4) is 5.69 Å². The quantitative estimate of drug-likeness (QED) is 0.523. The summed E-state index contributed by atoms with van der Waals surface area (Å²) in [6, 6.07) is 19.1. The van der Waals surface area contributed by atoms with E-state index in [-0.39, 0.29) is 5.56 Å². The SMILES string of the molecule is O=c1c(Br)c(NN=CC=Cc2ccccc2)cnn1-c1ccccc1. The maximum Gasteiger partial charge on any atom is 0.287 e. The molecule has 0 aliphatic heterocycles. The Kier molecular flexibility index (Phi) is 5.53. The molecule has 5 nitrogen and oxygen atoms in total. The Labute approximate surface area is 153 Å². The van der Waals surface area contributed by atoms with Crippen LogP contribution in [0, 0.1) is 0 Å². The van der Waals surface area contributed by atoms with Crippen LogP contribution in [0.25, 0.3) is 11.8 Å². The van der Waals surface area contributed by atoms with Crippen molar-refractivity contribution in [2.75, 3.05) is 5.43 Å². The van der Waals surface area contributed by atoms with E-state index in [4.69, 9.17) is 0 Å². The minimum Gasteiger partial charge on any atom is -0.276 e. The topological polar surface area (TPSA) is 59.3 Å². The first kappa shape index (κ1) is 16.9. The molecule has 3 aromatic rings. The summed E-state index contributed by atoms with van der Waals surface area (Å²) in [6.07, 6.45) is 6.92. The summed E-state index contributed by atoms with van der Waals surface area (Å²) in [4.78, 5) is 12.4. The van der Waals surface area contributed by atoms with Crippen LogP contribution in [0.15, 0.2) is 87.3 Å². The molecule has 0 aliphatic carbocycles. The van der Waals surface area contributed by atoms with Gasteiger partial charge in [-0.15, -0.1) is 0 Å². The number of rotatable bonds is 5. The number of para-hydroxylation sites is 1. The zero-order chi connectivity index (χ0) is 17.5. The number of hydrogen-bond acceptors (Lipinski definition) is 4. The minimum absolute atomic E-state index is 0.258. The van der Waals surface area contributed by atoms with Gasteiger partial charge in [-0.25, -0.2) is 0 Å². The average Bonchev–Trinajstić information content (AvgIpc) is 2.66. The van der Waals surface area contributed by atoms with E-state index < -0.39 is 0 Å². The van der Waals surface area contributed by atoms with E-state index in [1.807, 2.05) is 72.8 Å². The molecule has 3 rings (SSSR count). The fourth-order valence-corrected chi connectivity index (χ4v) is 2.49. The van der Waals surface area contributed by atoms with Crippen LogP contribution in [0.5, 0.6) is 0 Å². The number of benzene rings is 2. The Balaban J connectivity index is 1.71. The van der Waals surface area contributed by atoms with Crippen LogP contribution in [-0.4, -0.2) is 16.0 Å². The molecule has 0 saturated carbocycles. The number of hydrazone groups is 1. The summed E-state index contributed by atoms with van der Waals surface area (Å²) in [5.41, 5.74) is 4.85. The van der Waals surface area contributed by atoms with Crippen LogP contribution in [0.4, 0.5) is 5.69 Å². The van der Waals surface area contributed by atoms with Gasteiger partial charge in [0.25, 0.3) is 5.56 Å². The number of anilines is 1. The number of nitrogens with one attached hydrogen (secondary N) is 1. The molecule has 0 aliphatic rings. The van der Waals surface area contributed by atoms with Crippen LogP contribution in [0.2, 0.25) is 0 Å². The first-order valence-corrected chi connectivity index (χ1v) is 8.39. The highest BCUT2D eigenvalue weighted by Crippen LogP contribution is 2.17. The first-order valence-electron chi connectivity index (χ1n) is 7.60. The molecular weight excluding hydrogens is 380 g/mol. The Hall–Kier alpha value is -2.99. The molecule has 2 aromatic carbocycles. The second kappa shape index (κ2) is 8.21. The molecule has 0 saturated heterocycles. The standard InChI is InChI=1S/C19H15BrN4O/c20-18-17(23-21-13-7-10-15-8-3-1-4-9-15)14-22-24(19(18)25)16-11-5-2-6-12-16/h1-14,23H. The number of halogens is 1. The molecule has 0 fully saturated rings. The van der Waals surface area contributed by atoms with Gasteiger partial charge in [-0.05, 0) is 39.7 Å². The Bertz CT molecular complexity index is 950. The summed E-state index contributed by atoms with van der Waals surface area (Å²) in [5, 5.41) is 8.26. The Morgan fingerprint density at radius 2 is 1.72 bits per heavy atom. The van der Waals surface area contributed by atoms with Crippen molar-refractivity contribution in [2.24, 2.45) is 5.10 Å². The van der Waals surface area contributed by atoms with Crippen LogP contribution < -0.4 is 11.0 Å². The second-order valence-electron chi connectivity index (χ2n) is 5.08. The summed E-state index contributed by atoms with van der Waals surface area (Å²) < 4.78 is 1.70. The highest BCUT2D eigenvalue weighted by molar-refractivity contribution is 9.10. The molecule has 1 aromatic heterocycles. The lowest BCUT2D eigenvalue weighted by Crippen LogP contribution is -2.22. The molecule has 0 amide bonds. The first-order chi connectivity index (χ1) is 12.3. The van der Waals surface area contributed by atoms with Gasteiger partial charge in [-0.2, -0.15) is 14.9 Å². The van der Waals surface area contributed by atoms with E-state index in [1.165, 1.54) is 4.68 Å². The maximum atomic E-state index is 12.4. The van der Waals surface area contributed by atoms with Gasteiger partial charge in [-0.3, -0.25) is 10.2 Å². The molecule has 0 radical (unpaired) electrons. The Morgan fingerprint density at radius 3 is 2.44 bits per heavy atom. The van der Waals surface area contributed by atoms with Crippen molar-refractivity contribution in [3.05, 3.63) is 93.3 Å². The third kappa shape index (κ3) is 4.30. The predicted molar refractivity (Wildman–Crippen MR) is 105 cm³/mol. The van der Waals surface area contributed by atoms with Gasteiger partial charge in [0, 0.05) is 6.21 Å². The molecular formula is C19H15BrN4O. The Morgan fingerprint density at radius 1 is 1.04 bits per heavy atom. The lowest BCUT2D eigenvalue weighted by atomic mass is 10.2. The van der Waals surface area contributed by atoms with Crippen molar-refractivity contribution < 1.29 is 0 Å². The van der Waals surface area contributed by atoms with Gasteiger partial charge in [0.1, 0.15) is 4.47 Å². The summed E-state index contributed by atoms with van der Waals surface area (Å²) >= 11 is 3.31. The van der Waals surface area contributed by atoms with Crippen molar-refractivity contribution in [1.82, 2.24) is 9.78 Å². The third-order valence-electron chi connectivity index (χ3n) is 3.35. The number of hydrogen-bond donors (Lipinski definition) is 1. The molecule has 25 heavy (non-hydrogen) atoms. The third-order valence-corrected chi connectivity index (χ3v) is 4.12. The van der Waals surface area contributed by atoms with Crippen molar-refractivity contribution in [2.45, 2.75) is 0 Å². The summed E-state index contributed by atoms with van der Waals surface area (Å²) in [7, 11) is 0. The minimum atomic E-state index is -0.258. The fourth-order valence-electron chi connectivity index (χ4n) is 2.13. The fraction of sp³-hybridized carbons (Fsp3) is 0. The molecule has 1 heterocycles. The van der Waals surface area contributed by atoms with Crippen molar-refractivity contribution >= 4 is 33.9 Å². The van der Waals surface area contributed by atoms with Crippen LogP contribution >= 0.6 is 15.9 Å². The predicted octanol–water partition coefficient (Wildman–Crippen LogP) is 4.11. The van der Waals surface area contributed by atoms with Gasteiger partial charge >= 0.3 is 0 Å². The van der Waals surface area contributed by atoms with E-state index in [1.54, 1.807) is 12.4 Å². The molecule has 1 N–H and O–H groups in total. The zero-order valence-corrected chi connectivity index (χ0v) is 14.8. The zero-order valence-electron chi connectivity index (χ0n) is 13.2. The summed E-state index contributed by atoms with van der Waals surface area (Å²) in [6.45, 7) is 0. The average molecular weight is 395 g/mol. The van der Waals surface area contributed by atoms with E-state index in [0.717, 1.165) is 5.56 Å². The van der Waals surface area contributed by atoms with Gasteiger partial charge in [0.15, 0.2) is 0 Å². The van der Waals surface area contributed by atoms with Crippen molar-refractivity contribution in [3.63, 3.8) is 0 Å².